The summed E-state index contributed by atoms with van der Waals surface area (Å²) in [6.07, 6.45) is 1.40. The van der Waals surface area contributed by atoms with Gasteiger partial charge >= 0.3 is 0 Å². The van der Waals surface area contributed by atoms with E-state index in [4.69, 9.17) is 16.3 Å². The summed E-state index contributed by atoms with van der Waals surface area (Å²) in [6, 6.07) is 13.1. The first-order valence-corrected chi connectivity index (χ1v) is 11.2. The maximum atomic E-state index is 12.7. The third-order valence-corrected chi connectivity index (χ3v) is 5.50. The van der Waals surface area contributed by atoms with E-state index < -0.39 is 16.1 Å². The molecule has 0 aliphatic carbocycles. The van der Waals surface area contributed by atoms with Gasteiger partial charge in [-0.2, -0.15) is 0 Å². The molecule has 0 radical (unpaired) electrons. The smallest absolute Gasteiger partial charge is 0.244 e. The number of rotatable bonds is 9. The van der Waals surface area contributed by atoms with Crippen LogP contribution in [0.1, 0.15) is 18.9 Å². The van der Waals surface area contributed by atoms with E-state index in [9.17, 15) is 13.2 Å². The number of hydrogen-bond donors (Lipinski definition) is 1. The summed E-state index contributed by atoms with van der Waals surface area (Å²) in [6.45, 7) is 4.28. The molecule has 0 saturated heterocycles. The highest BCUT2D eigenvalue weighted by atomic mass is 35.5. The number of carbonyl (C=O) groups is 1. The van der Waals surface area contributed by atoms with Gasteiger partial charge in [-0.3, -0.25) is 9.10 Å². The summed E-state index contributed by atoms with van der Waals surface area (Å²) < 4.78 is 31.5. The third kappa shape index (κ3) is 6.14. The van der Waals surface area contributed by atoms with Gasteiger partial charge in [0.2, 0.25) is 15.9 Å². The molecule has 2 aromatic rings. The molecule has 2 rings (SSSR count). The molecule has 0 bridgehead atoms. The molecule has 1 N–H and O–H groups in total. The normalized spacial score (nSPS) is 12.3. The van der Waals surface area contributed by atoms with Crippen molar-refractivity contribution in [3.63, 3.8) is 0 Å². The van der Waals surface area contributed by atoms with Crippen molar-refractivity contribution in [3.05, 3.63) is 59.1 Å². The minimum atomic E-state index is -3.67. The van der Waals surface area contributed by atoms with Crippen LogP contribution in [0.3, 0.4) is 0 Å². The zero-order valence-corrected chi connectivity index (χ0v) is 17.8. The maximum absolute atomic E-state index is 12.7. The van der Waals surface area contributed by atoms with Crippen molar-refractivity contribution in [2.75, 3.05) is 23.7 Å². The molecule has 2 aromatic carbocycles. The van der Waals surface area contributed by atoms with Gasteiger partial charge in [0.1, 0.15) is 18.4 Å². The highest BCUT2D eigenvalue weighted by Crippen LogP contribution is 2.24. The number of aryl methyl sites for hydroxylation is 1. The molecule has 0 heterocycles. The van der Waals surface area contributed by atoms with Gasteiger partial charge in [0.05, 0.1) is 18.5 Å². The highest BCUT2D eigenvalue weighted by molar-refractivity contribution is 7.92. The van der Waals surface area contributed by atoms with Crippen molar-refractivity contribution in [2.24, 2.45) is 0 Å². The Kier molecular flexibility index (Phi) is 7.71. The molecule has 0 aromatic heterocycles. The van der Waals surface area contributed by atoms with Crippen molar-refractivity contribution in [1.82, 2.24) is 5.32 Å². The Morgan fingerprint density at radius 1 is 1.21 bits per heavy atom. The van der Waals surface area contributed by atoms with Gasteiger partial charge in [-0.15, -0.1) is 0 Å². The molecular weight excluding hydrogens is 400 g/mol. The van der Waals surface area contributed by atoms with Crippen LogP contribution in [0.25, 0.3) is 0 Å². The Hall–Kier alpha value is -2.25. The van der Waals surface area contributed by atoms with Crippen LogP contribution >= 0.6 is 11.6 Å². The number of nitrogens with one attached hydrogen (secondary N) is 1. The summed E-state index contributed by atoms with van der Waals surface area (Å²) in [7, 11) is -3.67. The summed E-state index contributed by atoms with van der Waals surface area (Å²) >= 11 is 5.89. The van der Waals surface area contributed by atoms with Crippen molar-refractivity contribution in [1.29, 1.82) is 0 Å². The molecule has 0 aliphatic rings. The molecule has 152 valence electrons. The number of halogens is 1. The molecule has 28 heavy (non-hydrogen) atoms. The summed E-state index contributed by atoms with van der Waals surface area (Å²) in [5.41, 5.74) is 1.48. The number of hydrogen-bond acceptors (Lipinski definition) is 4. The number of carbonyl (C=O) groups excluding carboxylic acids is 1. The molecule has 1 amide bonds. The lowest BCUT2D eigenvalue weighted by atomic mass is 10.2. The van der Waals surface area contributed by atoms with E-state index in [2.05, 4.69) is 5.32 Å². The van der Waals surface area contributed by atoms with E-state index >= 15 is 0 Å². The van der Waals surface area contributed by atoms with Crippen LogP contribution in [0.4, 0.5) is 5.69 Å². The van der Waals surface area contributed by atoms with Gasteiger partial charge in [-0.1, -0.05) is 30.7 Å². The third-order valence-electron chi connectivity index (χ3n) is 4.07. The van der Waals surface area contributed by atoms with Gasteiger partial charge in [-0.25, -0.2) is 8.42 Å². The van der Waals surface area contributed by atoms with Gasteiger partial charge in [0.15, 0.2) is 0 Å². The second-order valence-electron chi connectivity index (χ2n) is 6.42. The minimum absolute atomic E-state index is 0.265. The first-order chi connectivity index (χ1) is 13.2. The van der Waals surface area contributed by atoms with E-state index in [1.165, 1.54) is 0 Å². The number of nitrogens with zero attached hydrogens (tertiary/aromatic N) is 1. The Labute approximate surface area is 171 Å². The summed E-state index contributed by atoms with van der Waals surface area (Å²) in [5, 5.41) is 3.25. The van der Waals surface area contributed by atoms with Crippen LogP contribution in [-0.2, 0) is 14.8 Å². The van der Waals surface area contributed by atoms with Crippen molar-refractivity contribution >= 4 is 33.2 Å². The molecule has 0 unspecified atom stereocenters. The van der Waals surface area contributed by atoms with Crippen LogP contribution in [0.5, 0.6) is 5.75 Å². The molecule has 0 fully saturated rings. The van der Waals surface area contributed by atoms with Gasteiger partial charge in [0, 0.05) is 5.02 Å². The fourth-order valence-corrected chi connectivity index (χ4v) is 4.15. The van der Waals surface area contributed by atoms with E-state index in [1.807, 2.05) is 31.2 Å². The van der Waals surface area contributed by atoms with Gasteiger partial charge in [0.25, 0.3) is 0 Å². The minimum Gasteiger partial charge on any atom is -0.492 e. The van der Waals surface area contributed by atoms with Crippen LogP contribution in [0.2, 0.25) is 5.02 Å². The van der Waals surface area contributed by atoms with Crippen molar-refractivity contribution in [3.8, 4) is 5.75 Å². The molecule has 1 atom stereocenters. The molecule has 0 aliphatic heterocycles. The predicted molar refractivity (Wildman–Crippen MR) is 113 cm³/mol. The van der Waals surface area contributed by atoms with Gasteiger partial charge < -0.3 is 10.1 Å². The van der Waals surface area contributed by atoms with Gasteiger partial charge in [-0.05, 0) is 55.3 Å². The number of sulfonamides is 1. The Morgan fingerprint density at radius 2 is 1.89 bits per heavy atom. The van der Waals surface area contributed by atoms with E-state index in [0.29, 0.717) is 17.1 Å². The Bertz CT molecular complexity index is 901. The van der Waals surface area contributed by atoms with E-state index in [-0.39, 0.29) is 19.1 Å². The Balaban J connectivity index is 2.04. The average Bonchev–Trinajstić information content (AvgIpc) is 2.63. The summed E-state index contributed by atoms with van der Waals surface area (Å²) in [4.78, 5) is 12.7. The Morgan fingerprint density at radius 3 is 2.46 bits per heavy atom. The molecule has 0 spiro atoms. The van der Waals surface area contributed by atoms with Crippen LogP contribution < -0.4 is 14.4 Å². The zero-order valence-electron chi connectivity index (χ0n) is 16.2. The first kappa shape index (κ1) is 22.0. The van der Waals surface area contributed by atoms with Crippen LogP contribution in [-0.4, -0.2) is 39.8 Å². The number of amides is 1. The number of benzene rings is 2. The monoisotopic (exact) mass is 424 g/mol. The standard InChI is InChI=1S/C20H25ClN2O4S/c1-4-19(23(28(3,25)26)17-10-8-16(21)9-11-17)20(24)22-12-13-27-18-7-5-6-15(2)14-18/h5-11,14,19H,4,12-13H2,1-3H3,(H,22,24)/t19-/m1/s1. The number of ether oxygens (including phenoxy) is 1. The molecular formula is C20H25ClN2O4S. The topological polar surface area (TPSA) is 75.7 Å². The van der Waals surface area contributed by atoms with Crippen molar-refractivity contribution < 1.29 is 17.9 Å². The fraction of sp³-hybridized carbons (Fsp3) is 0.350. The van der Waals surface area contributed by atoms with Crippen LogP contribution in [0.15, 0.2) is 48.5 Å². The SMILES string of the molecule is CC[C@H](C(=O)NCCOc1cccc(C)c1)N(c1ccc(Cl)cc1)S(C)(=O)=O. The highest BCUT2D eigenvalue weighted by Gasteiger charge is 2.31. The largest absolute Gasteiger partial charge is 0.492 e. The molecule has 6 nitrogen and oxygen atoms in total. The first-order valence-electron chi connectivity index (χ1n) is 8.94. The second kappa shape index (κ2) is 9.80. The van der Waals surface area contributed by atoms with Crippen molar-refractivity contribution in [2.45, 2.75) is 26.3 Å². The lowest BCUT2D eigenvalue weighted by Gasteiger charge is -2.30. The second-order valence-corrected chi connectivity index (χ2v) is 8.71. The molecule has 8 heteroatoms. The van der Waals surface area contributed by atoms with E-state index in [0.717, 1.165) is 21.9 Å². The summed E-state index contributed by atoms with van der Waals surface area (Å²) in [5.74, 6) is 0.343. The average molecular weight is 425 g/mol. The zero-order chi connectivity index (χ0) is 20.7. The quantitative estimate of drug-likeness (QED) is 0.626. The van der Waals surface area contributed by atoms with Crippen LogP contribution in [0, 0.1) is 6.92 Å². The number of anilines is 1. The van der Waals surface area contributed by atoms with E-state index in [1.54, 1.807) is 31.2 Å². The lowest BCUT2D eigenvalue weighted by Crippen LogP contribution is -2.50. The molecule has 0 saturated carbocycles. The fourth-order valence-electron chi connectivity index (χ4n) is 2.81. The predicted octanol–water partition coefficient (Wildman–Crippen LogP) is 3.39. The lowest BCUT2D eigenvalue weighted by molar-refractivity contribution is -0.122. The maximum Gasteiger partial charge on any atom is 0.244 e.